The lowest BCUT2D eigenvalue weighted by Crippen LogP contribution is -2.58. The highest BCUT2D eigenvalue weighted by molar-refractivity contribution is 8.76. The molecule has 3 rings (SSSR count). The lowest BCUT2D eigenvalue weighted by Gasteiger charge is -2.27. The maximum absolute atomic E-state index is 13.6. The summed E-state index contributed by atoms with van der Waals surface area (Å²) in [5.41, 5.74) is 10.1. The Bertz CT molecular complexity index is 2080. The van der Waals surface area contributed by atoms with Crippen LogP contribution in [-0.4, -0.2) is 170 Å². The summed E-state index contributed by atoms with van der Waals surface area (Å²) in [6.07, 6.45) is -2.76. The Morgan fingerprint density at radius 2 is 1.51 bits per heavy atom. The number of benzene rings is 1. The number of nitro groups is 1. The number of aliphatic carboxylic acids is 1. The van der Waals surface area contributed by atoms with Crippen molar-refractivity contribution in [2.45, 2.75) is 87.8 Å². The van der Waals surface area contributed by atoms with Gasteiger partial charge in [0.25, 0.3) is 0 Å². The van der Waals surface area contributed by atoms with E-state index in [1.165, 1.54) is 6.07 Å². The molecule has 30 heteroatoms. The highest BCUT2D eigenvalue weighted by atomic mass is 33.1. The van der Waals surface area contributed by atoms with Crippen LogP contribution in [0.1, 0.15) is 44.6 Å². The number of carboxylic acids is 1. The molecule has 0 spiro atoms. The van der Waals surface area contributed by atoms with E-state index in [1.807, 2.05) is 6.92 Å². The van der Waals surface area contributed by atoms with Crippen molar-refractivity contribution in [2.75, 3.05) is 37.7 Å². The summed E-state index contributed by atoms with van der Waals surface area (Å²) in [6.45, 7) is -0.218. The molecule has 0 radical (unpaired) electrons. The molecule has 2 aliphatic heterocycles. The number of aliphatic hydroxyl groups excluding tert-OH is 1. The molecule has 15 N–H and O–H groups in total. The molecule has 368 valence electrons. The predicted octanol–water partition coefficient (Wildman–Crippen LogP) is -5.33. The monoisotopic (exact) mass is 984 g/mol. The van der Waals surface area contributed by atoms with Gasteiger partial charge >= 0.3 is 17.7 Å². The van der Waals surface area contributed by atoms with Crippen molar-refractivity contribution < 1.29 is 73.0 Å². The van der Waals surface area contributed by atoms with E-state index < -0.39 is 163 Å². The summed E-state index contributed by atoms with van der Waals surface area (Å²) in [5, 5.41) is 59.9. The maximum Gasteiger partial charge on any atom is 0.315 e. The summed E-state index contributed by atoms with van der Waals surface area (Å²) in [6, 6.07) is -7.54. The zero-order valence-corrected chi connectivity index (χ0v) is 37.4. The number of hydrogen-bond donors (Lipinski definition) is 13. The third-order valence-electron chi connectivity index (χ3n) is 9.77. The molecule has 7 atom stereocenters. The van der Waals surface area contributed by atoms with Gasteiger partial charge in [-0.25, -0.2) is 4.79 Å². The minimum absolute atomic E-state index is 0.0130. The van der Waals surface area contributed by atoms with Gasteiger partial charge in [0.2, 0.25) is 53.2 Å². The van der Waals surface area contributed by atoms with Gasteiger partial charge in [-0.15, -0.1) is 0 Å². The van der Waals surface area contributed by atoms with Crippen LogP contribution in [0.25, 0.3) is 0 Å². The van der Waals surface area contributed by atoms with Crippen LogP contribution in [0, 0.1) is 10.1 Å². The Balaban J connectivity index is 2.02. The number of aromatic hydroxyl groups is 1. The van der Waals surface area contributed by atoms with Crippen LogP contribution >= 0.6 is 21.6 Å². The Kier molecular flexibility index (Phi) is 21.3. The predicted molar refractivity (Wildman–Crippen MR) is 234 cm³/mol. The fraction of sp³-hybridized carbons (Fsp3) is 0.541. The van der Waals surface area contributed by atoms with Crippen molar-refractivity contribution in [3.05, 3.63) is 33.9 Å². The number of phenols is 1. The van der Waals surface area contributed by atoms with Crippen molar-refractivity contribution in [1.29, 1.82) is 0 Å². The highest BCUT2D eigenvalue weighted by Crippen LogP contribution is 2.27. The largest absolute Gasteiger partial charge is 0.502 e. The molecule has 2 heterocycles. The van der Waals surface area contributed by atoms with E-state index in [-0.39, 0.29) is 30.0 Å². The second kappa shape index (κ2) is 26.3. The molecule has 0 unspecified atom stereocenters. The molecule has 2 fully saturated rings. The summed E-state index contributed by atoms with van der Waals surface area (Å²) in [4.78, 5) is 155. The first kappa shape index (κ1) is 54.4. The molecule has 1 aromatic carbocycles. The van der Waals surface area contributed by atoms with E-state index in [9.17, 15) is 78.2 Å². The smallest absolute Gasteiger partial charge is 0.315 e. The third kappa shape index (κ3) is 17.8. The quantitative estimate of drug-likeness (QED) is 0.0402. The van der Waals surface area contributed by atoms with Crippen LogP contribution in [0.15, 0.2) is 18.2 Å². The molecular formula is C37H52N12O16S2. The summed E-state index contributed by atoms with van der Waals surface area (Å²) >= 11 is 0. The molecule has 2 saturated heterocycles. The van der Waals surface area contributed by atoms with Crippen LogP contribution in [0.2, 0.25) is 0 Å². The Labute approximate surface area is 388 Å². The minimum Gasteiger partial charge on any atom is -0.502 e. The molecule has 28 nitrogen and oxygen atoms in total. The molecule has 0 saturated carbocycles. The van der Waals surface area contributed by atoms with E-state index in [0.717, 1.165) is 38.6 Å². The zero-order valence-electron chi connectivity index (χ0n) is 35.8. The fourth-order valence-corrected chi connectivity index (χ4v) is 8.69. The van der Waals surface area contributed by atoms with Crippen molar-refractivity contribution in [2.24, 2.45) is 11.5 Å². The first-order valence-corrected chi connectivity index (χ1v) is 22.9. The molecule has 2 aliphatic rings. The van der Waals surface area contributed by atoms with E-state index in [0.29, 0.717) is 12.8 Å². The fourth-order valence-electron chi connectivity index (χ4n) is 6.35. The molecule has 0 aromatic heterocycles. The van der Waals surface area contributed by atoms with Crippen LogP contribution in [0.5, 0.6) is 5.75 Å². The molecular weight excluding hydrogens is 933 g/mol. The van der Waals surface area contributed by atoms with E-state index in [1.54, 1.807) is 0 Å². The number of primary amides is 2. The van der Waals surface area contributed by atoms with Gasteiger partial charge in [-0.05, 0) is 18.1 Å². The molecule has 67 heavy (non-hydrogen) atoms. The number of nitrogens with two attached hydrogens (primary N) is 2. The Hall–Kier alpha value is -6.95. The molecule has 11 amide bonds. The third-order valence-corrected chi connectivity index (χ3v) is 12.2. The number of nitro benzene ring substituents is 1. The number of nitrogens with zero attached hydrogens (tertiary/aromatic N) is 2. The first-order chi connectivity index (χ1) is 31.6. The van der Waals surface area contributed by atoms with Gasteiger partial charge in [-0.3, -0.25) is 58.1 Å². The van der Waals surface area contributed by atoms with Crippen LogP contribution in [0.3, 0.4) is 0 Å². The van der Waals surface area contributed by atoms with Gasteiger partial charge in [0.15, 0.2) is 5.75 Å². The van der Waals surface area contributed by atoms with Crippen molar-refractivity contribution in [3.8, 4) is 5.75 Å². The Morgan fingerprint density at radius 3 is 2.15 bits per heavy atom. The highest BCUT2D eigenvalue weighted by Gasteiger charge is 2.41. The van der Waals surface area contributed by atoms with Crippen molar-refractivity contribution in [1.82, 2.24) is 47.4 Å². The number of hydrogen-bond acceptors (Lipinski definition) is 17. The van der Waals surface area contributed by atoms with Crippen LogP contribution in [-0.2, 0) is 54.4 Å². The van der Waals surface area contributed by atoms with Crippen LogP contribution in [0.4, 0.5) is 10.5 Å². The average Bonchev–Trinajstić information content (AvgIpc) is 3.65. The maximum atomic E-state index is 13.6. The zero-order chi connectivity index (χ0) is 50.0. The van der Waals surface area contributed by atoms with Gasteiger partial charge in [0, 0.05) is 43.5 Å². The number of fused-ring (bicyclic) bond motifs is 1. The van der Waals surface area contributed by atoms with E-state index >= 15 is 0 Å². The number of carbonyl (C=O) groups is 11. The minimum atomic E-state index is -1.86. The number of rotatable bonds is 12. The number of unbranched alkanes of at least 4 members (excludes halogenated alkanes) is 1. The van der Waals surface area contributed by atoms with Crippen molar-refractivity contribution >= 4 is 92.4 Å². The number of urea groups is 1. The van der Waals surface area contributed by atoms with Gasteiger partial charge < -0.3 is 74.2 Å². The van der Waals surface area contributed by atoms with E-state index in [2.05, 4.69) is 42.5 Å². The lowest BCUT2D eigenvalue weighted by atomic mass is 10.0. The average molecular weight is 985 g/mol. The number of phenolic OH excluding ortho intramolecular Hbond substituents is 1. The molecule has 0 aliphatic carbocycles. The van der Waals surface area contributed by atoms with Gasteiger partial charge in [-0.1, -0.05) is 41.0 Å². The van der Waals surface area contributed by atoms with Gasteiger partial charge in [0.1, 0.15) is 36.3 Å². The number of amides is 11. The SMILES string of the molecule is CCCCNC(=O)N[C@@H]1CSSC[C@H](C(N)=O)NC(=O)[C@H](CC(N)=O)NC(=O)[C@@H]2C[C@@H](O)CN2C(=O)CNC(=O)[C@H](Cc2ccc(O)c([N+](=O)[O-])c2)NC(=O)CNC(=O)[C@@H](CC(=O)O)NC1=O. The van der Waals surface area contributed by atoms with Crippen LogP contribution < -0.4 is 54.0 Å². The second-order valence-electron chi connectivity index (χ2n) is 15.0. The topological polar surface area (TPSA) is 443 Å². The lowest BCUT2D eigenvalue weighted by molar-refractivity contribution is -0.385. The van der Waals surface area contributed by atoms with Gasteiger partial charge in [0.05, 0.1) is 37.0 Å². The molecule has 0 bridgehead atoms. The van der Waals surface area contributed by atoms with E-state index in [4.69, 9.17) is 11.5 Å². The standard InChI is InChI=1S/C37H52N12O16S2/c1-2-3-6-40-37(63)47-23-16-67-66-15-22(31(39)57)46-34(60)20(10-27(38)52)45-36(62)25-9-18(50)14-48(25)29(54)13-42-32(58)19(7-17-4-5-26(51)24(8-17)49(64)65)43-28(53)12-41-33(59)21(11-30(55)56)44-35(23)61/h4-5,8,18-23,25,50-51H,2-3,6-7,9-16H2,1H3,(H2,38,52)(H2,39,57)(H,41,59)(H,42,58)(H,43,53)(H,44,61)(H,45,62)(H,46,60)(H,55,56)(H2,40,47,63)/t18-,19+,20+,21-,22-,23-,25+/m1/s1. The number of carbonyl (C=O) groups excluding carboxylic acids is 10. The van der Waals surface area contributed by atoms with Gasteiger partial charge in [-0.2, -0.15) is 0 Å². The first-order valence-electron chi connectivity index (χ1n) is 20.4. The number of nitrogens with one attached hydrogen (secondary N) is 8. The van der Waals surface area contributed by atoms with Crippen molar-refractivity contribution in [3.63, 3.8) is 0 Å². The summed E-state index contributed by atoms with van der Waals surface area (Å²) in [7, 11) is 1.73. The second-order valence-corrected chi connectivity index (χ2v) is 17.6. The Morgan fingerprint density at radius 1 is 0.866 bits per heavy atom. The number of carboxylic acid groups (broad SMARTS) is 1. The number of aliphatic hydroxyl groups is 1. The molecule has 1 aromatic rings. The summed E-state index contributed by atoms with van der Waals surface area (Å²) in [5.74, 6) is -12.7. The summed E-state index contributed by atoms with van der Waals surface area (Å²) < 4.78 is 0. The normalized spacial score (nSPS) is 24.3.